The van der Waals surface area contributed by atoms with Crippen LogP contribution in [0.1, 0.15) is 37.8 Å². The number of esters is 1. The molecule has 1 aromatic rings. The minimum absolute atomic E-state index is 0.0139. The predicted molar refractivity (Wildman–Crippen MR) is 94.0 cm³/mol. The van der Waals surface area contributed by atoms with Crippen molar-refractivity contribution in [1.29, 1.82) is 0 Å². The van der Waals surface area contributed by atoms with Crippen molar-refractivity contribution in [3.05, 3.63) is 47.7 Å². The molecule has 25 heavy (non-hydrogen) atoms. The van der Waals surface area contributed by atoms with E-state index in [4.69, 9.17) is 9.57 Å². The second kappa shape index (κ2) is 7.55. The largest absolute Gasteiger partial charge is 0.467 e. The summed E-state index contributed by atoms with van der Waals surface area (Å²) in [6.45, 7) is 5.52. The van der Waals surface area contributed by atoms with Gasteiger partial charge in [-0.2, -0.15) is 0 Å². The van der Waals surface area contributed by atoms with Gasteiger partial charge in [-0.05, 0) is 37.0 Å². The Morgan fingerprint density at radius 1 is 1.28 bits per heavy atom. The zero-order valence-corrected chi connectivity index (χ0v) is 15.6. The first-order valence-corrected chi connectivity index (χ1v) is 9.55. The van der Waals surface area contributed by atoms with E-state index >= 15 is 0 Å². The normalized spacial score (nSPS) is 21.2. The first kappa shape index (κ1) is 19.4. The molecule has 2 rings (SSSR count). The third-order valence-corrected chi connectivity index (χ3v) is 6.07. The van der Waals surface area contributed by atoms with E-state index in [1.54, 1.807) is 32.1 Å². The summed E-state index contributed by atoms with van der Waals surface area (Å²) in [7, 11) is -1.98. The number of benzene rings is 1. The molecule has 1 aliphatic rings. The fourth-order valence-electron chi connectivity index (χ4n) is 2.44. The van der Waals surface area contributed by atoms with Gasteiger partial charge in [-0.25, -0.2) is 17.9 Å². The van der Waals surface area contributed by atoms with Crippen LogP contribution < -0.4 is 10.2 Å². The van der Waals surface area contributed by atoms with E-state index in [-0.39, 0.29) is 5.92 Å². The van der Waals surface area contributed by atoms with Crippen molar-refractivity contribution in [2.75, 3.05) is 13.7 Å². The van der Waals surface area contributed by atoms with Crippen LogP contribution in [-0.2, 0) is 29.9 Å². The molecule has 0 saturated heterocycles. The molecule has 1 aliphatic heterocycles. The van der Waals surface area contributed by atoms with Gasteiger partial charge >= 0.3 is 5.97 Å². The maximum absolute atomic E-state index is 12.1. The number of rotatable bonds is 7. The van der Waals surface area contributed by atoms with Gasteiger partial charge in [-0.3, -0.25) is 0 Å². The third kappa shape index (κ3) is 4.02. The lowest BCUT2D eigenvalue weighted by molar-refractivity contribution is -0.149. The zero-order chi connectivity index (χ0) is 18.7. The summed E-state index contributed by atoms with van der Waals surface area (Å²) in [5.41, 5.74) is 3.12. The topological polar surface area (TPSA) is 93.7 Å². The maximum atomic E-state index is 12.1. The van der Waals surface area contributed by atoms with Gasteiger partial charge in [0.05, 0.1) is 12.4 Å². The molecule has 2 atom stereocenters. The molecule has 0 aromatic heterocycles. The van der Waals surface area contributed by atoms with Crippen molar-refractivity contribution >= 4 is 16.0 Å². The van der Waals surface area contributed by atoms with Gasteiger partial charge in [0.2, 0.25) is 10.0 Å². The number of carbonyl (C=O) groups excluding carboxylic acids is 1. The molecule has 1 aromatic carbocycles. The molecular weight excluding hydrogens is 344 g/mol. The monoisotopic (exact) mass is 368 g/mol. The van der Waals surface area contributed by atoms with Crippen molar-refractivity contribution in [2.24, 2.45) is 0 Å². The molecule has 8 heteroatoms. The van der Waals surface area contributed by atoms with Crippen LogP contribution in [0.15, 0.2) is 36.6 Å². The van der Waals surface area contributed by atoms with Crippen molar-refractivity contribution in [1.82, 2.24) is 10.2 Å². The standard InChI is InChI=1S/C17H24N2O5S/c1-12(2)25(21,22)18-11-13(3)14-5-7-15(8-6-14)17(16(20)23-4)9-10-24-19-17/h5-10,12-13,18-19H,11H2,1-4H3. The van der Waals surface area contributed by atoms with Crippen LogP contribution in [-0.4, -0.2) is 33.3 Å². The molecule has 0 aliphatic carbocycles. The number of hydroxylamine groups is 1. The molecule has 0 spiro atoms. The number of methoxy groups -OCH3 is 1. The van der Waals surface area contributed by atoms with E-state index in [2.05, 4.69) is 10.2 Å². The Hall–Kier alpha value is -1.90. The van der Waals surface area contributed by atoms with Crippen LogP contribution in [0.2, 0.25) is 0 Å². The van der Waals surface area contributed by atoms with E-state index in [0.29, 0.717) is 12.1 Å². The van der Waals surface area contributed by atoms with Gasteiger partial charge in [0.15, 0.2) is 5.54 Å². The molecule has 0 fully saturated rings. The molecule has 0 amide bonds. The summed E-state index contributed by atoms with van der Waals surface area (Å²) in [6.07, 6.45) is 2.99. The molecule has 1 heterocycles. The molecule has 0 bridgehead atoms. The summed E-state index contributed by atoms with van der Waals surface area (Å²) in [5.74, 6) is -0.494. The average Bonchev–Trinajstić information content (AvgIpc) is 3.10. The van der Waals surface area contributed by atoms with Gasteiger partial charge in [-0.1, -0.05) is 31.2 Å². The number of ether oxygens (including phenoxy) is 1. The van der Waals surface area contributed by atoms with Gasteiger partial charge in [0, 0.05) is 6.54 Å². The van der Waals surface area contributed by atoms with E-state index < -0.39 is 26.8 Å². The van der Waals surface area contributed by atoms with Crippen LogP contribution in [0.4, 0.5) is 0 Å². The fourth-order valence-corrected chi connectivity index (χ4v) is 3.26. The average molecular weight is 368 g/mol. The summed E-state index contributed by atoms with van der Waals surface area (Å²) in [6, 6.07) is 7.32. The lowest BCUT2D eigenvalue weighted by Gasteiger charge is -2.24. The van der Waals surface area contributed by atoms with E-state index in [1.807, 2.05) is 19.1 Å². The minimum atomic E-state index is -3.29. The van der Waals surface area contributed by atoms with Crippen LogP contribution in [0.3, 0.4) is 0 Å². The summed E-state index contributed by atoms with van der Waals surface area (Å²) in [5, 5.41) is -0.470. The summed E-state index contributed by atoms with van der Waals surface area (Å²) in [4.78, 5) is 17.1. The van der Waals surface area contributed by atoms with Gasteiger partial charge < -0.3 is 9.57 Å². The van der Waals surface area contributed by atoms with Crippen LogP contribution in [0.5, 0.6) is 0 Å². The second-order valence-corrected chi connectivity index (χ2v) is 8.61. The highest BCUT2D eigenvalue weighted by molar-refractivity contribution is 7.90. The highest BCUT2D eigenvalue weighted by Gasteiger charge is 2.42. The highest BCUT2D eigenvalue weighted by atomic mass is 32.2. The van der Waals surface area contributed by atoms with Gasteiger partial charge in [-0.15, -0.1) is 5.48 Å². The Morgan fingerprint density at radius 3 is 2.40 bits per heavy atom. The molecule has 7 nitrogen and oxygen atoms in total. The Bertz CT molecular complexity index is 743. The Balaban J connectivity index is 2.14. The third-order valence-electron chi connectivity index (χ3n) is 4.26. The Labute approximate surface area is 148 Å². The smallest absolute Gasteiger partial charge is 0.338 e. The van der Waals surface area contributed by atoms with E-state index in [1.165, 1.54) is 13.4 Å². The minimum Gasteiger partial charge on any atom is -0.467 e. The number of sulfonamides is 1. The molecule has 0 radical (unpaired) electrons. The number of hydrogen-bond donors (Lipinski definition) is 2. The fraction of sp³-hybridized carbons (Fsp3) is 0.471. The molecule has 138 valence electrons. The van der Waals surface area contributed by atoms with E-state index in [9.17, 15) is 13.2 Å². The molecular formula is C17H24N2O5S. The number of hydrogen-bond acceptors (Lipinski definition) is 6. The Morgan fingerprint density at radius 2 is 1.92 bits per heavy atom. The van der Waals surface area contributed by atoms with Crippen molar-refractivity contribution < 1.29 is 22.8 Å². The SMILES string of the molecule is COC(=O)C1(c2ccc(C(C)CNS(=O)(=O)C(C)C)cc2)C=CON1. The lowest BCUT2D eigenvalue weighted by Crippen LogP contribution is -2.44. The van der Waals surface area contributed by atoms with E-state index in [0.717, 1.165) is 5.56 Å². The van der Waals surface area contributed by atoms with Crippen molar-refractivity contribution in [3.63, 3.8) is 0 Å². The summed E-state index contributed by atoms with van der Waals surface area (Å²) < 4.78 is 31.2. The van der Waals surface area contributed by atoms with Gasteiger partial charge in [0.25, 0.3) is 0 Å². The summed E-state index contributed by atoms with van der Waals surface area (Å²) >= 11 is 0. The molecule has 2 N–H and O–H groups in total. The van der Waals surface area contributed by atoms with Crippen LogP contribution >= 0.6 is 0 Å². The maximum Gasteiger partial charge on any atom is 0.338 e. The first-order valence-electron chi connectivity index (χ1n) is 8.01. The highest BCUT2D eigenvalue weighted by Crippen LogP contribution is 2.29. The predicted octanol–water partition coefficient (Wildman–Crippen LogP) is 1.53. The Kier molecular flexibility index (Phi) is 5.87. The molecule has 2 unspecified atom stereocenters. The lowest BCUT2D eigenvalue weighted by atomic mass is 9.89. The van der Waals surface area contributed by atoms with Crippen LogP contribution in [0, 0.1) is 0 Å². The van der Waals surface area contributed by atoms with Gasteiger partial charge in [0.1, 0.15) is 6.26 Å². The first-order chi connectivity index (χ1) is 11.7. The second-order valence-electron chi connectivity index (χ2n) is 6.29. The number of nitrogens with one attached hydrogen (secondary N) is 2. The number of carbonyl (C=O) groups is 1. The van der Waals surface area contributed by atoms with Crippen molar-refractivity contribution in [3.8, 4) is 0 Å². The van der Waals surface area contributed by atoms with Crippen molar-refractivity contribution in [2.45, 2.75) is 37.5 Å². The molecule has 0 saturated carbocycles. The van der Waals surface area contributed by atoms with Crippen LogP contribution in [0.25, 0.3) is 0 Å². The zero-order valence-electron chi connectivity index (χ0n) is 14.8. The quantitative estimate of drug-likeness (QED) is 0.709.